The van der Waals surface area contributed by atoms with Crippen LogP contribution in [0.1, 0.15) is 0 Å². The number of carbonyl (C=O) groups is 3. The highest BCUT2D eigenvalue weighted by molar-refractivity contribution is 9.09. The fraction of sp³-hybridized carbons (Fsp3) is 0.125. The molecule has 0 N–H and O–H groups in total. The fourth-order valence-corrected chi connectivity index (χ4v) is 1.18. The first-order chi connectivity index (χ1) is 6.11. The molecule has 5 heteroatoms. The summed E-state index contributed by atoms with van der Waals surface area (Å²) >= 11 is 2.88. The average molecular weight is 244 g/mol. The van der Waals surface area contributed by atoms with E-state index < -0.39 is 17.7 Å². The van der Waals surface area contributed by atoms with Crippen molar-refractivity contribution in [3.05, 3.63) is 24.3 Å². The molecule has 3 amide bonds. The first-order valence-corrected chi connectivity index (χ1v) is 4.55. The molecule has 0 atom stereocenters. The monoisotopic (exact) mass is 243 g/mol. The van der Waals surface area contributed by atoms with Crippen molar-refractivity contribution in [1.82, 2.24) is 4.90 Å². The van der Waals surface area contributed by atoms with Gasteiger partial charge in [-0.3, -0.25) is 14.4 Å². The quantitative estimate of drug-likeness (QED) is 0.521. The minimum absolute atomic E-state index is 0.0528. The molecule has 0 bridgehead atoms. The van der Waals surface area contributed by atoms with E-state index in [1.165, 1.54) is 6.08 Å². The SMILES string of the molecule is C=CC1=CC(=O)N(C(=O)CBr)C1=O. The number of carbonyl (C=O) groups excluding carboxylic acids is 3. The molecule has 0 aromatic carbocycles. The maximum Gasteiger partial charge on any atom is 0.267 e. The Morgan fingerprint density at radius 1 is 1.62 bits per heavy atom. The lowest BCUT2D eigenvalue weighted by Crippen LogP contribution is -2.37. The van der Waals surface area contributed by atoms with Crippen molar-refractivity contribution in [2.75, 3.05) is 5.33 Å². The summed E-state index contributed by atoms with van der Waals surface area (Å²) in [5, 5.41) is -0.0528. The Kier molecular flexibility index (Phi) is 2.77. The molecule has 0 unspecified atom stereocenters. The van der Waals surface area contributed by atoms with Gasteiger partial charge < -0.3 is 0 Å². The minimum atomic E-state index is -0.607. The number of amides is 3. The summed E-state index contributed by atoms with van der Waals surface area (Å²) in [6.45, 7) is 3.36. The van der Waals surface area contributed by atoms with Gasteiger partial charge in [-0.1, -0.05) is 28.6 Å². The topological polar surface area (TPSA) is 54.5 Å². The van der Waals surface area contributed by atoms with Crippen LogP contribution < -0.4 is 0 Å². The molecular weight excluding hydrogens is 238 g/mol. The van der Waals surface area contributed by atoms with Crippen LogP contribution in [-0.2, 0) is 14.4 Å². The van der Waals surface area contributed by atoms with Crippen molar-refractivity contribution in [2.24, 2.45) is 0 Å². The number of hydrogen-bond acceptors (Lipinski definition) is 3. The average Bonchev–Trinajstić information content (AvgIpc) is 2.40. The van der Waals surface area contributed by atoms with Crippen LogP contribution in [0.4, 0.5) is 0 Å². The van der Waals surface area contributed by atoms with E-state index in [0.717, 1.165) is 6.08 Å². The van der Waals surface area contributed by atoms with E-state index in [1.807, 2.05) is 0 Å². The molecule has 0 spiro atoms. The van der Waals surface area contributed by atoms with Gasteiger partial charge in [0.05, 0.1) is 5.33 Å². The Balaban J connectivity index is 2.96. The van der Waals surface area contributed by atoms with Crippen LogP contribution >= 0.6 is 15.9 Å². The molecule has 13 heavy (non-hydrogen) atoms. The van der Waals surface area contributed by atoms with E-state index in [9.17, 15) is 14.4 Å². The minimum Gasteiger partial charge on any atom is -0.273 e. The summed E-state index contributed by atoms with van der Waals surface area (Å²) in [6, 6.07) is 0. The van der Waals surface area contributed by atoms with Gasteiger partial charge in [0.15, 0.2) is 0 Å². The highest BCUT2D eigenvalue weighted by Gasteiger charge is 2.33. The van der Waals surface area contributed by atoms with Gasteiger partial charge in [-0.05, 0) is 0 Å². The molecular formula is C8H6BrNO3. The van der Waals surface area contributed by atoms with E-state index in [-0.39, 0.29) is 10.9 Å². The zero-order valence-electron chi connectivity index (χ0n) is 6.62. The number of alkyl halides is 1. The number of nitrogens with zero attached hydrogens (tertiary/aromatic N) is 1. The summed E-state index contributed by atoms with van der Waals surface area (Å²) in [4.78, 5) is 34.0. The molecule has 0 aliphatic carbocycles. The molecule has 0 fully saturated rings. The zero-order chi connectivity index (χ0) is 10.0. The van der Waals surface area contributed by atoms with Gasteiger partial charge in [0, 0.05) is 11.6 Å². The van der Waals surface area contributed by atoms with Crippen LogP contribution in [0, 0.1) is 0 Å². The van der Waals surface area contributed by atoms with E-state index in [1.54, 1.807) is 0 Å². The largest absolute Gasteiger partial charge is 0.273 e. The van der Waals surface area contributed by atoms with Crippen LogP contribution in [-0.4, -0.2) is 28.0 Å². The predicted molar refractivity (Wildman–Crippen MR) is 48.9 cm³/mol. The summed E-state index contributed by atoms with van der Waals surface area (Å²) in [6.07, 6.45) is 2.34. The first kappa shape index (κ1) is 9.85. The Morgan fingerprint density at radius 3 is 2.62 bits per heavy atom. The highest BCUT2D eigenvalue weighted by atomic mass is 79.9. The van der Waals surface area contributed by atoms with Crippen LogP contribution in [0.5, 0.6) is 0 Å². The lowest BCUT2D eigenvalue weighted by molar-refractivity contribution is -0.147. The highest BCUT2D eigenvalue weighted by Crippen LogP contribution is 2.13. The van der Waals surface area contributed by atoms with Gasteiger partial charge in [0.2, 0.25) is 5.91 Å². The normalized spacial score (nSPS) is 16.1. The third kappa shape index (κ3) is 1.60. The second kappa shape index (κ2) is 3.66. The lowest BCUT2D eigenvalue weighted by atomic mass is 10.3. The number of hydrogen-bond donors (Lipinski definition) is 0. The summed E-state index contributed by atoms with van der Waals surface area (Å²) < 4.78 is 0. The third-order valence-electron chi connectivity index (χ3n) is 1.53. The van der Waals surface area contributed by atoms with Gasteiger partial charge in [0.1, 0.15) is 0 Å². The Hall–Kier alpha value is -1.23. The van der Waals surface area contributed by atoms with Crippen molar-refractivity contribution in [3.63, 3.8) is 0 Å². The van der Waals surface area contributed by atoms with Gasteiger partial charge in [-0.2, -0.15) is 0 Å². The lowest BCUT2D eigenvalue weighted by Gasteiger charge is -2.09. The number of imide groups is 3. The van der Waals surface area contributed by atoms with Crippen molar-refractivity contribution < 1.29 is 14.4 Å². The second-order valence-corrected chi connectivity index (χ2v) is 2.87. The summed E-state index contributed by atoms with van der Waals surface area (Å²) in [5.41, 5.74) is 0.152. The van der Waals surface area contributed by atoms with Crippen LogP contribution in [0.3, 0.4) is 0 Å². The molecule has 68 valence electrons. The standard InChI is InChI=1S/C8H6BrNO3/c1-2-5-3-6(11)10(8(5)13)7(12)4-9/h2-3H,1,4H2. The smallest absolute Gasteiger partial charge is 0.267 e. The molecule has 0 aromatic heterocycles. The fourth-order valence-electron chi connectivity index (χ4n) is 0.931. The van der Waals surface area contributed by atoms with Crippen molar-refractivity contribution in [1.29, 1.82) is 0 Å². The molecule has 0 saturated heterocycles. The second-order valence-electron chi connectivity index (χ2n) is 2.31. The summed E-state index contributed by atoms with van der Waals surface area (Å²) in [7, 11) is 0. The molecule has 4 nitrogen and oxygen atoms in total. The first-order valence-electron chi connectivity index (χ1n) is 3.43. The number of halogens is 1. The summed E-state index contributed by atoms with van der Waals surface area (Å²) in [5.74, 6) is -1.78. The molecule has 0 saturated carbocycles. The van der Waals surface area contributed by atoms with E-state index in [2.05, 4.69) is 22.5 Å². The maximum absolute atomic E-state index is 11.3. The van der Waals surface area contributed by atoms with Crippen LogP contribution in [0.15, 0.2) is 24.3 Å². The van der Waals surface area contributed by atoms with Crippen molar-refractivity contribution in [2.45, 2.75) is 0 Å². The molecule has 1 heterocycles. The maximum atomic E-state index is 11.3. The molecule has 1 aliphatic rings. The van der Waals surface area contributed by atoms with Crippen LogP contribution in [0.2, 0.25) is 0 Å². The molecule has 1 aliphatic heterocycles. The van der Waals surface area contributed by atoms with E-state index in [4.69, 9.17) is 0 Å². The predicted octanol–water partition coefficient (Wildman–Crippen LogP) is 0.389. The Bertz CT molecular complexity index is 332. The molecule has 0 aromatic rings. The van der Waals surface area contributed by atoms with Crippen molar-refractivity contribution >= 4 is 33.7 Å². The zero-order valence-corrected chi connectivity index (χ0v) is 8.20. The van der Waals surface area contributed by atoms with Gasteiger partial charge >= 0.3 is 0 Å². The van der Waals surface area contributed by atoms with Gasteiger partial charge in [0.25, 0.3) is 11.8 Å². The van der Waals surface area contributed by atoms with Gasteiger partial charge in [-0.25, -0.2) is 4.90 Å². The van der Waals surface area contributed by atoms with E-state index >= 15 is 0 Å². The Labute approximate surface area is 83.0 Å². The van der Waals surface area contributed by atoms with Crippen molar-refractivity contribution in [3.8, 4) is 0 Å². The Morgan fingerprint density at radius 2 is 2.23 bits per heavy atom. The van der Waals surface area contributed by atoms with Crippen LogP contribution in [0.25, 0.3) is 0 Å². The van der Waals surface area contributed by atoms with Gasteiger partial charge in [-0.15, -0.1) is 0 Å². The third-order valence-corrected chi connectivity index (χ3v) is 2.01. The molecule has 1 rings (SSSR count). The molecule has 0 radical (unpaired) electrons. The number of rotatable bonds is 2. The van der Waals surface area contributed by atoms with E-state index in [0.29, 0.717) is 4.90 Å².